The highest BCUT2D eigenvalue weighted by molar-refractivity contribution is 5.97. The Morgan fingerprint density at radius 3 is 2.79 bits per heavy atom. The monoisotopic (exact) mass is 331 g/mol. The highest BCUT2D eigenvalue weighted by atomic mass is 16.5. The quantitative estimate of drug-likeness (QED) is 0.894. The van der Waals surface area contributed by atoms with Gasteiger partial charge in [0.15, 0.2) is 0 Å². The summed E-state index contributed by atoms with van der Waals surface area (Å²) in [5.74, 6) is -0.0794. The van der Waals surface area contributed by atoms with E-state index in [0.29, 0.717) is 12.1 Å². The number of morpholine rings is 1. The van der Waals surface area contributed by atoms with Gasteiger partial charge in [-0.15, -0.1) is 5.10 Å². The van der Waals surface area contributed by atoms with Crippen LogP contribution >= 0.6 is 0 Å². The molecule has 0 spiro atoms. The van der Waals surface area contributed by atoms with Gasteiger partial charge in [0.1, 0.15) is 5.52 Å². The number of carbonyl (C=O) groups excluding carboxylic acids is 1. The number of hydrogen-bond donors (Lipinski definition) is 1. The standard InChI is InChI=1S/C17H25N5O2/c1-4-22-15-6-5-13(11-14(15)19-20-22)16(23)18-12-17(2,3)21-7-9-24-10-8-21/h5-6,11H,4,7-10,12H2,1-3H3,(H,18,23). The van der Waals surface area contributed by atoms with E-state index >= 15 is 0 Å². The molecule has 0 radical (unpaired) electrons. The molecule has 2 heterocycles. The van der Waals surface area contributed by atoms with Gasteiger partial charge in [-0.3, -0.25) is 9.69 Å². The number of rotatable bonds is 5. The Balaban J connectivity index is 1.66. The molecule has 7 nitrogen and oxygen atoms in total. The van der Waals surface area contributed by atoms with Crippen LogP contribution < -0.4 is 5.32 Å². The molecule has 24 heavy (non-hydrogen) atoms. The molecule has 3 rings (SSSR count). The second-order valence-corrected chi connectivity index (χ2v) is 6.70. The molecule has 1 aromatic carbocycles. The molecule has 2 aromatic rings. The van der Waals surface area contributed by atoms with Crippen molar-refractivity contribution in [2.75, 3.05) is 32.8 Å². The fraction of sp³-hybridized carbons (Fsp3) is 0.588. The fourth-order valence-corrected chi connectivity index (χ4v) is 3.03. The summed E-state index contributed by atoms with van der Waals surface area (Å²) >= 11 is 0. The Hall–Kier alpha value is -1.99. The van der Waals surface area contributed by atoms with Crippen molar-refractivity contribution in [1.82, 2.24) is 25.2 Å². The Kier molecular flexibility index (Phi) is 4.82. The van der Waals surface area contributed by atoms with Gasteiger partial charge < -0.3 is 10.1 Å². The molecule has 130 valence electrons. The first-order chi connectivity index (χ1) is 11.5. The van der Waals surface area contributed by atoms with Gasteiger partial charge in [-0.1, -0.05) is 5.21 Å². The van der Waals surface area contributed by atoms with Crippen LogP contribution in [0.3, 0.4) is 0 Å². The van der Waals surface area contributed by atoms with Crippen molar-refractivity contribution in [3.8, 4) is 0 Å². The molecule has 1 N–H and O–H groups in total. The number of nitrogens with one attached hydrogen (secondary N) is 1. The molecule has 1 saturated heterocycles. The molecule has 1 aliphatic rings. The van der Waals surface area contributed by atoms with Crippen molar-refractivity contribution in [3.63, 3.8) is 0 Å². The average Bonchev–Trinajstić information content (AvgIpc) is 3.02. The van der Waals surface area contributed by atoms with E-state index in [2.05, 4.69) is 34.4 Å². The van der Waals surface area contributed by atoms with Gasteiger partial charge >= 0.3 is 0 Å². The molecule has 1 aliphatic heterocycles. The molecule has 0 aliphatic carbocycles. The summed E-state index contributed by atoms with van der Waals surface area (Å²) in [4.78, 5) is 14.8. The zero-order chi connectivity index (χ0) is 17.2. The van der Waals surface area contributed by atoms with Gasteiger partial charge in [-0.2, -0.15) is 0 Å². The predicted molar refractivity (Wildman–Crippen MR) is 92.0 cm³/mol. The minimum absolute atomic E-state index is 0.0794. The molecular weight excluding hydrogens is 306 g/mol. The number of fused-ring (bicyclic) bond motifs is 1. The van der Waals surface area contributed by atoms with E-state index in [-0.39, 0.29) is 11.4 Å². The Morgan fingerprint density at radius 1 is 1.33 bits per heavy atom. The van der Waals surface area contributed by atoms with Crippen LogP contribution in [0.15, 0.2) is 18.2 Å². The van der Waals surface area contributed by atoms with E-state index < -0.39 is 0 Å². The minimum atomic E-state index is -0.102. The third kappa shape index (κ3) is 3.42. The Bertz CT molecular complexity index is 719. The summed E-state index contributed by atoms with van der Waals surface area (Å²) in [6.45, 7) is 11.0. The van der Waals surface area contributed by atoms with Gasteiger partial charge in [0.25, 0.3) is 5.91 Å². The lowest BCUT2D eigenvalue weighted by molar-refractivity contribution is -0.00923. The van der Waals surface area contributed by atoms with Crippen molar-refractivity contribution in [1.29, 1.82) is 0 Å². The molecule has 0 bridgehead atoms. The molecular formula is C17H25N5O2. The fourth-order valence-electron chi connectivity index (χ4n) is 3.03. The maximum atomic E-state index is 12.5. The Morgan fingerprint density at radius 2 is 2.08 bits per heavy atom. The van der Waals surface area contributed by atoms with Crippen molar-refractivity contribution in [2.24, 2.45) is 0 Å². The van der Waals surface area contributed by atoms with Gasteiger partial charge in [-0.05, 0) is 39.0 Å². The maximum Gasteiger partial charge on any atom is 0.251 e. The summed E-state index contributed by atoms with van der Waals surface area (Å²) < 4.78 is 7.22. The van der Waals surface area contributed by atoms with Crippen LogP contribution in [0.5, 0.6) is 0 Å². The molecule has 7 heteroatoms. The normalized spacial score (nSPS) is 16.5. The summed E-state index contributed by atoms with van der Waals surface area (Å²) in [6, 6.07) is 5.53. The smallest absolute Gasteiger partial charge is 0.251 e. The van der Waals surface area contributed by atoms with Crippen LogP contribution in [0.4, 0.5) is 0 Å². The first kappa shape index (κ1) is 16.9. The van der Waals surface area contributed by atoms with Crippen molar-refractivity contribution >= 4 is 16.9 Å². The van der Waals surface area contributed by atoms with Gasteiger partial charge in [-0.25, -0.2) is 4.68 Å². The van der Waals surface area contributed by atoms with Crippen molar-refractivity contribution in [3.05, 3.63) is 23.8 Å². The zero-order valence-corrected chi connectivity index (χ0v) is 14.6. The number of ether oxygens (including phenoxy) is 1. The van der Waals surface area contributed by atoms with Crippen LogP contribution in [-0.2, 0) is 11.3 Å². The van der Waals surface area contributed by atoms with Gasteiger partial charge in [0, 0.05) is 37.3 Å². The van der Waals surface area contributed by atoms with Gasteiger partial charge in [0.2, 0.25) is 0 Å². The largest absolute Gasteiger partial charge is 0.379 e. The Labute approximate surface area is 142 Å². The highest BCUT2D eigenvalue weighted by Crippen LogP contribution is 2.16. The molecule has 0 atom stereocenters. The lowest BCUT2D eigenvalue weighted by Gasteiger charge is -2.40. The SMILES string of the molecule is CCn1nnc2cc(C(=O)NCC(C)(C)N3CCOCC3)ccc21. The molecule has 1 amide bonds. The molecule has 0 unspecified atom stereocenters. The summed E-state index contributed by atoms with van der Waals surface area (Å²) in [5.41, 5.74) is 2.21. The number of amides is 1. The number of aromatic nitrogens is 3. The number of carbonyl (C=O) groups is 1. The topological polar surface area (TPSA) is 72.3 Å². The second-order valence-electron chi connectivity index (χ2n) is 6.70. The third-order valence-electron chi connectivity index (χ3n) is 4.62. The summed E-state index contributed by atoms with van der Waals surface area (Å²) in [5, 5.41) is 11.2. The third-order valence-corrected chi connectivity index (χ3v) is 4.62. The van der Waals surface area contributed by atoms with Crippen LogP contribution in [0.2, 0.25) is 0 Å². The predicted octanol–water partition coefficient (Wildman–Crippen LogP) is 1.29. The maximum absolute atomic E-state index is 12.5. The van der Waals surface area contributed by atoms with Crippen LogP contribution in [0, 0.1) is 0 Å². The minimum Gasteiger partial charge on any atom is -0.379 e. The first-order valence-corrected chi connectivity index (χ1v) is 8.45. The first-order valence-electron chi connectivity index (χ1n) is 8.45. The summed E-state index contributed by atoms with van der Waals surface area (Å²) in [7, 11) is 0. The zero-order valence-electron chi connectivity index (χ0n) is 14.6. The summed E-state index contributed by atoms with van der Waals surface area (Å²) in [6.07, 6.45) is 0. The van der Waals surface area contributed by atoms with E-state index in [0.717, 1.165) is 43.9 Å². The van der Waals surface area contributed by atoms with Gasteiger partial charge in [0.05, 0.1) is 18.7 Å². The van der Waals surface area contributed by atoms with Crippen molar-refractivity contribution in [2.45, 2.75) is 32.9 Å². The lowest BCUT2D eigenvalue weighted by atomic mass is 10.0. The number of aryl methyl sites for hydroxylation is 1. The number of benzene rings is 1. The van der Waals surface area contributed by atoms with E-state index in [1.54, 1.807) is 6.07 Å². The lowest BCUT2D eigenvalue weighted by Crippen LogP contribution is -2.55. The number of hydrogen-bond acceptors (Lipinski definition) is 5. The molecule has 1 aromatic heterocycles. The van der Waals surface area contributed by atoms with E-state index in [1.807, 2.05) is 23.7 Å². The van der Waals surface area contributed by atoms with E-state index in [4.69, 9.17) is 4.74 Å². The second kappa shape index (κ2) is 6.86. The van der Waals surface area contributed by atoms with Crippen LogP contribution in [0.1, 0.15) is 31.1 Å². The number of nitrogens with zero attached hydrogens (tertiary/aromatic N) is 4. The van der Waals surface area contributed by atoms with E-state index in [1.165, 1.54) is 0 Å². The van der Waals surface area contributed by atoms with E-state index in [9.17, 15) is 4.79 Å². The average molecular weight is 331 g/mol. The molecule has 0 saturated carbocycles. The highest BCUT2D eigenvalue weighted by Gasteiger charge is 2.28. The molecule has 1 fully saturated rings. The van der Waals surface area contributed by atoms with Crippen LogP contribution in [0.25, 0.3) is 11.0 Å². The van der Waals surface area contributed by atoms with Crippen molar-refractivity contribution < 1.29 is 9.53 Å². The van der Waals surface area contributed by atoms with Crippen LogP contribution in [-0.4, -0.2) is 64.2 Å².